The molecular weight excluding hydrogens is 220 g/mol. The highest BCUT2D eigenvalue weighted by atomic mass is 15.2. The number of anilines is 1. The molecule has 1 heterocycles. The van der Waals surface area contributed by atoms with E-state index in [2.05, 4.69) is 41.4 Å². The van der Waals surface area contributed by atoms with Gasteiger partial charge in [0.25, 0.3) is 0 Å². The van der Waals surface area contributed by atoms with Crippen LogP contribution in [0.3, 0.4) is 0 Å². The van der Waals surface area contributed by atoms with Crippen LogP contribution in [0.4, 0.5) is 5.69 Å². The zero-order chi connectivity index (χ0) is 12.4. The summed E-state index contributed by atoms with van der Waals surface area (Å²) >= 11 is 0. The first-order chi connectivity index (χ1) is 8.81. The van der Waals surface area contributed by atoms with Gasteiger partial charge in [-0.25, -0.2) is 0 Å². The average Bonchev–Trinajstić information content (AvgIpc) is 2.87. The number of hydrogen-bond acceptors (Lipinski definition) is 2. The zero-order valence-electron chi connectivity index (χ0n) is 11.4. The molecule has 1 aliphatic heterocycles. The number of nitrogens with one attached hydrogen (secondary N) is 1. The van der Waals surface area contributed by atoms with Crippen LogP contribution in [0.2, 0.25) is 0 Å². The van der Waals surface area contributed by atoms with Crippen molar-refractivity contribution in [2.24, 2.45) is 0 Å². The largest absolute Gasteiger partial charge is 0.368 e. The van der Waals surface area contributed by atoms with Gasteiger partial charge in [-0.1, -0.05) is 31.9 Å². The fraction of sp³-hybridized carbons (Fsp3) is 0.625. The molecule has 2 aliphatic rings. The van der Waals surface area contributed by atoms with E-state index in [1.165, 1.54) is 43.5 Å². The second-order valence-corrected chi connectivity index (χ2v) is 5.86. The Labute approximate surface area is 110 Å². The second-order valence-electron chi connectivity index (χ2n) is 5.86. The van der Waals surface area contributed by atoms with E-state index in [0.717, 1.165) is 19.5 Å². The number of hydrogen-bond donors (Lipinski definition) is 1. The second kappa shape index (κ2) is 4.93. The fourth-order valence-corrected chi connectivity index (χ4v) is 3.51. The van der Waals surface area contributed by atoms with Crippen LogP contribution in [-0.2, 0) is 6.42 Å². The van der Waals surface area contributed by atoms with E-state index in [1.54, 1.807) is 0 Å². The Balaban J connectivity index is 1.74. The molecule has 98 valence electrons. The van der Waals surface area contributed by atoms with Crippen LogP contribution in [0.25, 0.3) is 0 Å². The van der Waals surface area contributed by atoms with E-state index in [0.29, 0.717) is 5.54 Å². The number of nitrogens with zero attached hydrogens (tertiary/aromatic N) is 1. The summed E-state index contributed by atoms with van der Waals surface area (Å²) in [5.41, 5.74) is 3.26. The van der Waals surface area contributed by atoms with E-state index in [9.17, 15) is 0 Å². The molecule has 1 aliphatic carbocycles. The highest BCUT2D eigenvalue weighted by molar-refractivity contribution is 5.48. The number of rotatable bonds is 2. The van der Waals surface area contributed by atoms with Gasteiger partial charge >= 0.3 is 0 Å². The molecule has 0 bridgehead atoms. The Kier molecular flexibility index (Phi) is 3.29. The van der Waals surface area contributed by atoms with Crippen molar-refractivity contribution in [1.82, 2.24) is 5.32 Å². The molecule has 0 atom stereocenters. The van der Waals surface area contributed by atoms with Crippen molar-refractivity contribution in [2.75, 3.05) is 24.5 Å². The maximum absolute atomic E-state index is 3.78. The summed E-state index contributed by atoms with van der Waals surface area (Å²) in [4.78, 5) is 2.57. The minimum atomic E-state index is 0.418. The Bertz CT molecular complexity index is 390. The van der Waals surface area contributed by atoms with Gasteiger partial charge in [0, 0.05) is 30.9 Å². The Morgan fingerprint density at radius 1 is 1.17 bits per heavy atom. The summed E-state index contributed by atoms with van der Waals surface area (Å²) in [6.07, 6.45) is 6.64. The first kappa shape index (κ1) is 12.0. The van der Waals surface area contributed by atoms with Crippen LogP contribution in [-0.4, -0.2) is 25.2 Å². The maximum Gasteiger partial charge on any atom is 0.0367 e. The van der Waals surface area contributed by atoms with Crippen molar-refractivity contribution in [1.29, 1.82) is 0 Å². The monoisotopic (exact) mass is 244 g/mol. The molecular formula is C16H24N2. The van der Waals surface area contributed by atoms with Gasteiger partial charge in [0.1, 0.15) is 0 Å². The van der Waals surface area contributed by atoms with Gasteiger partial charge in [-0.15, -0.1) is 0 Å². The predicted octanol–water partition coefficient (Wildman–Crippen LogP) is 2.97. The van der Waals surface area contributed by atoms with E-state index in [1.807, 2.05) is 0 Å². The van der Waals surface area contributed by atoms with Crippen LogP contribution in [0, 0.1) is 0 Å². The topological polar surface area (TPSA) is 15.3 Å². The van der Waals surface area contributed by atoms with Gasteiger partial charge < -0.3 is 10.2 Å². The predicted molar refractivity (Wildman–Crippen MR) is 77.2 cm³/mol. The molecule has 0 unspecified atom stereocenters. The molecule has 0 aromatic heterocycles. The minimum absolute atomic E-state index is 0.418. The number of aryl methyl sites for hydroxylation is 1. The van der Waals surface area contributed by atoms with E-state index < -0.39 is 0 Å². The van der Waals surface area contributed by atoms with Crippen molar-refractivity contribution in [2.45, 2.75) is 44.6 Å². The molecule has 1 saturated carbocycles. The summed E-state index contributed by atoms with van der Waals surface area (Å²) in [5.74, 6) is 0. The van der Waals surface area contributed by atoms with Gasteiger partial charge in [0.2, 0.25) is 0 Å². The van der Waals surface area contributed by atoms with Crippen molar-refractivity contribution < 1.29 is 0 Å². The third-order valence-corrected chi connectivity index (χ3v) is 4.65. The number of piperazine rings is 1. The lowest BCUT2D eigenvalue weighted by Crippen LogP contribution is -2.59. The van der Waals surface area contributed by atoms with Crippen molar-refractivity contribution in [3.8, 4) is 0 Å². The molecule has 1 spiro atoms. The van der Waals surface area contributed by atoms with Crippen LogP contribution in [0.5, 0.6) is 0 Å². The Morgan fingerprint density at radius 3 is 2.56 bits per heavy atom. The summed E-state index contributed by atoms with van der Waals surface area (Å²) < 4.78 is 0. The van der Waals surface area contributed by atoms with Crippen molar-refractivity contribution in [3.63, 3.8) is 0 Å². The fourth-order valence-electron chi connectivity index (χ4n) is 3.51. The SMILES string of the molecule is CCc1ccc(N2CCNC3(CCCC3)C2)cc1. The highest BCUT2D eigenvalue weighted by Gasteiger charge is 2.37. The lowest BCUT2D eigenvalue weighted by Gasteiger charge is -2.42. The minimum Gasteiger partial charge on any atom is -0.368 e. The lowest BCUT2D eigenvalue weighted by molar-refractivity contribution is 0.304. The quantitative estimate of drug-likeness (QED) is 0.860. The third kappa shape index (κ3) is 2.26. The molecule has 1 aromatic carbocycles. The number of benzene rings is 1. The Morgan fingerprint density at radius 2 is 1.89 bits per heavy atom. The van der Waals surface area contributed by atoms with Crippen LogP contribution in [0.15, 0.2) is 24.3 Å². The molecule has 1 saturated heterocycles. The molecule has 2 heteroatoms. The molecule has 3 rings (SSSR count). The molecule has 2 fully saturated rings. The van der Waals surface area contributed by atoms with Gasteiger partial charge in [-0.3, -0.25) is 0 Å². The molecule has 0 radical (unpaired) electrons. The highest BCUT2D eigenvalue weighted by Crippen LogP contribution is 2.33. The Hall–Kier alpha value is -1.02. The zero-order valence-corrected chi connectivity index (χ0v) is 11.4. The van der Waals surface area contributed by atoms with E-state index in [-0.39, 0.29) is 0 Å². The molecule has 0 amide bonds. The van der Waals surface area contributed by atoms with Gasteiger partial charge in [-0.2, -0.15) is 0 Å². The first-order valence-corrected chi connectivity index (χ1v) is 7.40. The molecule has 18 heavy (non-hydrogen) atoms. The van der Waals surface area contributed by atoms with Crippen LogP contribution in [0.1, 0.15) is 38.2 Å². The van der Waals surface area contributed by atoms with Gasteiger partial charge in [0.15, 0.2) is 0 Å². The standard InChI is InChI=1S/C16H24N2/c1-2-14-5-7-15(8-6-14)18-12-11-17-16(13-18)9-3-4-10-16/h5-8,17H,2-4,9-13H2,1H3. The molecule has 1 N–H and O–H groups in total. The van der Waals surface area contributed by atoms with Gasteiger partial charge in [-0.05, 0) is 37.0 Å². The maximum atomic E-state index is 3.78. The molecule has 2 nitrogen and oxygen atoms in total. The first-order valence-electron chi connectivity index (χ1n) is 7.40. The third-order valence-electron chi connectivity index (χ3n) is 4.65. The summed E-state index contributed by atoms with van der Waals surface area (Å²) in [5, 5.41) is 3.78. The van der Waals surface area contributed by atoms with Crippen molar-refractivity contribution >= 4 is 5.69 Å². The smallest absolute Gasteiger partial charge is 0.0367 e. The lowest BCUT2D eigenvalue weighted by atomic mass is 9.94. The van der Waals surface area contributed by atoms with Crippen molar-refractivity contribution in [3.05, 3.63) is 29.8 Å². The molecule has 1 aromatic rings. The van der Waals surface area contributed by atoms with Crippen LogP contribution >= 0.6 is 0 Å². The summed E-state index contributed by atoms with van der Waals surface area (Å²) in [6, 6.07) is 9.15. The van der Waals surface area contributed by atoms with E-state index >= 15 is 0 Å². The normalized spacial score (nSPS) is 22.6. The summed E-state index contributed by atoms with van der Waals surface area (Å²) in [7, 11) is 0. The van der Waals surface area contributed by atoms with Gasteiger partial charge in [0.05, 0.1) is 0 Å². The van der Waals surface area contributed by atoms with E-state index in [4.69, 9.17) is 0 Å². The summed E-state index contributed by atoms with van der Waals surface area (Å²) in [6.45, 7) is 5.69. The average molecular weight is 244 g/mol. The van der Waals surface area contributed by atoms with Crippen LogP contribution < -0.4 is 10.2 Å².